The molecule has 5 rings (SSSR count). The van der Waals surface area contributed by atoms with Gasteiger partial charge in [-0.1, -0.05) is 146 Å². The van der Waals surface area contributed by atoms with E-state index < -0.39 is 28.1 Å². The molecule has 0 amide bonds. The SMILES string of the molecule is COCOc1cc(OCc2ccc(OC)cc2)cc(C(C)CCC2OC(C)(C)OC2C(C)/C=C\[C@@H](C)C(C)O[Si](c2ccccc2)(c2ccccc2)C(C)(C)C)c1C(=O)OCC[Si](C)(C)C. The molecule has 9 nitrogen and oxygen atoms in total. The minimum absolute atomic E-state index is 0.0384. The van der Waals surface area contributed by atoms with Crippen molar-refractivity contribution in [2.24, 2.45) is 11.8 Å². The molecular weight excluding hydrogens is 861 g/mol. The van der Waals surface area contributed by atoms with Crippen molar-refractivity contribution in [2.45, 2.75) is 143 Å². The van der Waals surface area contributed by atoms with Crippen molar-refractivity contribution in [3.05, 3.63) is 126 Å². The molecule has 5 unspecified atom stereocenters. The number of carbonyl (C=O) groups excluding carboxylic acids is 1. The Kier molecular flexibility index (Phi) is 18.5. The largest absolute Gasteiger partial charge is 0.497 e. The molecule has 0 aliphatic carbocycles. The second-order valence-electron chi connectivity index (χ2n) is 20.7. The van der Waals surface area contributed by atoms with Gasteiger partial charge < -0.3 is 37.6 Å². The Morgan fingerprint density at radius 1 is 0.803 bits per heavy atom. The van der Waals surface area contributed by atoms with Gasteiger partial charge >= 0.3 is 5.97 Å². The van der Waals surface area contributed by atoms with Crippen LogP contribution in [0.1, 0.15) is 103 Å². The van der Waals surface area contributed by atoms with Gasteiger partial charge in [0, 0.05) is 33.3 Å². The summed E-state index contributed by atoms with van der Waals surface area (Å²) in [5.74, 6) is 0.628. The summed E-state index contributed by atoms with van der Waals surface area (Å²) in [6.07, 6.45) is 5.55. The fourth-order valence-corrected chi connectivity index (χ4v) is 14.2. The van der Waals surface area contributed by atoms with Crippen LogP contribution in [-0.2, 0) is 30.0 Å². The monoisotopic (exact) mass is 939 g/mol. The lowest BCUT2D eigenvalue weighted by Crippen LogP contribution is -2.67. The van der Waals surface area contributed by atoms with E-state index in [1.54, 1.807) is 20.3 Å². The van der Waals surface area contributed by atoms with Crippen LogP contribution in [0.25, 0.3) is 0 Å². The van der Waals surface area contributed by atoms with Gasteiger partial charge in [-0.05, 0) is 96.2 Å². The number of ether oxygens (including phenoxy) is 7. The van der Waals surface area contributed by atoms with Crippen LogP contribution in [0.4, 0.5) is 0 Å². The van der Waals surface area contributed by atoms with E-state index in [0.29, 0.717) is 43.1 Å². The Bertz CT molecular complexity index is 2110. The lowest BCUT2D eigenvalue weighted by molar-refractivity contribution is -0.149. The predicted molar refractivity (Wildman–Crippen MR) is 272 cm³/mol. The zero-order valence-corrected chi connectivity index (χ0v) is 44.3. The topological polar surface area (TPSA) is 90.9 Å². The van der Waals surface area contributed by atoms with Gasteiger partial charge in [0.1, 0.15) is 29.4 Å². The molecule has 1 heterocycles. The van der Waals surface area contributed by atoms with Gasteiger partial charge in [0.25, 0.3) is 8.32 Å². The maximum atomic E-state index is 14.1. The van der Waals surface area contributed by atoms with E-state index >= 15 is 0 Å². The highest BCUT2D eigenvalue weighted by Crippen LogP contribution is 2.41. The first-order valence-corrected chi connectivity index (χ1v) is 29.3. The summed E-state index contributed by atoms with van der Waals surface area (Å²) >= 11 is 0. The van der Waals surface area contributed by atoms with Crippen LogP contribution in [0, 0.1) is 11.8 Å². The molecule has 1 aliphatic heterocycles. The van der Waals surface area contributed by atoms with E-state index in [1.807, 2.05) is 44.2 Å². The van der Waals surface area contributed by atoms with Crippen LogP contribution >= 0.6 is 0 Å². The lowest BCUT2D eigenvalue weighted by atomic mass is 9.87. The molecule has 6 atom stereocenters. The molecular formula is C55H78O9Si2. The average Bonchev–Trinajstić information content (AvgIpc) is 3.60. The molecule has 0 saturated carbocycles. The number of esters is 1. The second-order valence-corrected chi connectivity index (χ2v) is 30.6. The smallest absolute Gasteiger partial charge is 0.342 e. The number of hydrogen-bond donors (Lipinski definition) is 0. The molecule has 4 aromatic carbocycles. The molecule has 4 aromatic rings. The standard InChI is InChI=1S/C55H78O9Si2/c1-39(42(4)64-66(54(5,6)7,46-21-17-15-18-22-46)47-23-19-16-20-24-47)25-26-41(3)52-49(62-55(8,9)63-52)32-27-40(2)48-35-45(60-37-43-28-30-44(58-11)31-29-43)36-50(61-38-57-10)51(48)53(56)59-33-34-65(12,13)14/h15-26,28-31,35-36,39-42,49,52H,27,32-34,37-38H2,1-14H3/b26-25-/t39-,40?,41?,42?,49?,52?/m1/s1. The highest BCUT2D eigenvalue weighted by atomic mass is 28.4. The zero-order chi connectivity index (χ0) is 48.3. The van der Waals surface area contributed by atoms with Crippen molar-refractivity contribution in [1.82, 2.24) is 0 Å². The highest BCUT2D eigenvalue weighted by molar-refractivity contribution is 6.99. The van der Waals surface area contributed by atoms with Gasteiger partial charge in [-0.2, -0.15) is 0 Å². The quantitative estimate of drug-likeness (QED) is 0.0312. The normalized spacial score (nSPS) is 18.4. The summed E-state index contributed by atoms with van der Waals surface area (Å²) in [7, 11) is -0.988. The Balaban J connectivity index is 1.37. The van der Waals surface area contributed by atoms with E-state index in [2.05, 4.69) is 141 Å². The Morgan fingerprint density at radius 3 is 1.98 bits per heavy atom. The predicted octanol–water partition coefficient (Wildman–Crippen LogP) is 11.9. The second kappa shape index (κ2) is 23.2. The van der Waals surface area contributed by atoms with Gasteiger partial charge in [-0.3, -0.25) is 0 Å². The minimum Gasteiger partial charge on any atom is -0.497 e. The van der Waals surface area contributed by atoms with Gasteiger partial charge in [0.2, 0.25) is 0 Å². The first kappa shape index (κ1) is 52.7. The van der Waals surface area contributed by atoms with Gasteiger partial charge in [-0.25, -0.2) is 4.79 Å². The first-order valence-electron chi connectivity index (χ1n) is 23.7. The minimum atomic E-state index is -2.73. The number of hydrogen-bond acceptors (Lipinski definition) is 9. The fraction of sp³-hybridized carbons (Fsp3) is 0.509. The van der Waals surface area contributed by atoms with Crippen molar-refractivity contribution in [1.29, 1.82) is 0 Å². The van der Waals surface area contributed by atoms with Crippen LogP contribution in [0.15, 0.2) is 109 Å². The summed E-state index contributed by atoms with van der Waals surface area (Å²) in [6, 6.07) is 34.0. The average molecular weight is 939 g/mol. The molecule has 1 fully saturated rings. The van der Waals surface area contributed by atoms with Gasteiger partial charge in [-0.15, -0.1) is 0 Å². The van der Waals surface area contributed by atoms with E-state index in [0.717, 1.165) is 22.9 Å². The third-order valence-corrected chi connectivity index (χ3v) is 19.5. The third kappa shape index (κ3) is 13.9. The van der Waals surface area contributed by atoms with Crippen LogP contribution < -0.4 is 24.6 Å². The summed E-state index contributed by atoms with van der Waals surface area (Å²) in [5.41, 5.74) is 2.16. The van der Waals surface area contributed by atoms with Crippen LogP contribution in [0.2, 0.25) is 30.7 Å². The molecule has 11 heteroatoms. The summed E-state index contributed by atoms with van der Waals surface area (Å²) in [4.78, 5) is 14.1. The van der Waals surface area contributed by atoms with E-state index in [4.69, 9.17) is 37.6 Å². The van der Waals surface area contributed by atoms with Crippen molar-refractivity contribution < 1.29 is 42.4 Å². The number of methoxy groups -OCH3 is 2. The maximum absolute atomic E-state index is 14.1. The van der Waals surface area contributed by atoms with Crippen molar-refractivity contribution in [3.8, 4) is 17.2 Å². The Labute approximate surface area is 398 Å². The van der Waals surface area contributed by atoms with Crippen LogP contribution in [0.5, 0.6) is 17.2 Å². The molecule has 0 bridgehead atoms. The summed E-state index contributed by atoms with van der Waals surface area (Å²) < 4.78 is 49.9. The highest BCUT2D eigenvalue weighted by Gasteiger charge is 2.51. The van der Waals surface area contributed by atoms with E-state index in [-0.39, 0.29) is 47.9 Å². The number of benzene rings is 4. The summed E-state index contributed by atoms with van der Waals surface area (Å²) in [6.45, 7) is 27.2. The molecule has 0 spiro atoms. The molecule has 66 heavy (non-hydrogen) atoms. The van der Waals surface area contributed by atoms with E-state index in [1.165, 1.54) is 10.4 Å². The Hall–Kier alpha value is -4.24. The maximum Gasteiger partial charge on any atom is 0.342 e. The van der Waals surface area contributed by atoms with Crippen molar-refractivity contribution >= 4 is 32.7 Å². The molecule has 0 radical (unpaired) electrons. The first-order chi connectivity index (χ1) is 31.2. The molecule has 1 aliphatic rings. The third-order valence-electron chi connectivity index (χ3n) is 12.7. The fourth-order valence-electron chi connectivity index (χ4n) is 8.74. The van der Waals surface area contributed by atoms with Gasteiger partial charge in [0.15, 0.2) is 12.6 Å². The molecule has 0 aromatic heterocycles. The number of carbonyl (C=O) groups is 1. The molecule has 0 N–H and O–H groups in total. The van der Waals surface area contributed by atoms with Crippen molar-refractivity contribution in [3.63, 3.8) is 0 Å². The van der Waals surface area contributed by atoms with Crippen LogP contribution in [0.3, 0.4) is 0 Å². The molecule has 1 saturated heterocycles. The summed E-state index contributed by atoms with van der Waals surface area (Å²) in [5, 5.41) is 2.42. The Morgan fingerprint density at radius 2 is 1.42 bits per heavy atom. The van der Waals surface area contributed by atoms with Crippen molar-refractivity contribution in [2.75, 3.05) is 27.6 Å². The van der Waals surface area contributed by atoms with Crippen LogP contribution in [-0.4, -0.2) is 74.1 Å². The van der Waals surface area contributed by atoms with Gasteiger partial charge in [0.05, 0.1) is 25.9 Å². The molecule has 360 valence electrons. The number of rotatable bonds is 23. The zero-order valence-electron chi connectivity index (χ0n) is 42.3. The van der Waals surface area contributed by atoms with E-state index in [9.17, 15) is 4.79 Å². The lowest BCUT2D eigenvalue weighted by Gasteiger charge is -2.45.